The van der Waals surface area contributed by atoms with Gasteiger partial charge in [-0.3, -0.25) is 0 Å². The lowest BCUT2D eigenvalue weighted by Gasteiger charge is -2.03. The molecule has 0 aliphatic heterocycles. The van der Waals surface area contributed by atoms with E-state index in [0.717, 1.165) is 24.6 Å². The summed E-state index contributed by atoms with van der Waals surface area (Å²) in [5.74, 6) is 0. The number of rotatable bonds is 4. The van der Waals surface area contributed by atoms with E-state index in [0.29, 0.717) is 5.02 Å². The van der Waals surface area contributed by atoms with Crippen LogP contribution in [0.25, 0.3) is 11.0 Å². The highest BCUT2D eigenvalue weighted by molar-refractivity contribution is 6.35. The van der Waals surface area contributed by atoms with Crippen molar-refractivity contribution in [3.63, 3.8) is 0 Å². The van der Waals surface area contributed by atoms with E-state index in [-0.39, 0.29) is 0 Å². The van der Waals surface area contributed by atoms with Crippen molar-refractivity contribution in [3.05, 3.63) is 34.5 Å². The fourth-order valence-electron chi connectivity index (χ4n) is 2.24. The minimum absolute atomic E-state index is 0.701. The molecule has 2 nitrogen and oxygen atoms in total. The molecule has 0 radical (unpaired) electrons. The van der Waals surface area contributed by atoms with Crippen molar-refractivity contribution in [2.75, 3.05) is 6.54 Å². The van der Waals surface area contributed by atoms with Crippen molar-refractivity contribution in [1.82, 2.24) is 5.32 Å². The third-order valence-electron chi connectivity index (χ3n) is 3.36. The van der Waals surface area contributed by atoms with Crippen LogP contribution in [0.4, 0.5) is 0 Å². The Balaban J connectivity index is 1.85. The maximum Gasteiger partial charge on any atom is 0.152 e. The molecule has 0 bridgehead atoms. The molecule has 1 heterocycles. The summed E-state index contributed by atoms with van der Waals surface area (Å²) in [4.78, 5) is 0. The first-order chi connectivity index (χ1) is 8.25. The van der Waals surface area contributed by atoms with Crippen molar-refractivity contribution in [3.8, 4) is 0 Å². The Morgan fingerprint density at radius 1 is 1.41 bits per heavy atom. The zero-order valence-corrected chi connectivity index (χ0v) is 10.7. The fraction of sp³-hybridized carbons (Fsp3) is 0.429. The Bertz CT molecular complexity index is 542. The lowest BCUT2D eigenvalue weighted by Crippen LogP contribution is -2.19. The van der Waals surface area contributed by atoms with Crippen LogP contribution in [0.3, 0.4) is 0 Å². The summed E-state index contributed by atoms with van der Waals surface area (Å²) in [6.45, 7) is 3.12. The molecule has 1 aliphatic carbocycles. The highest BCUT2D eigenvalue weighted by Crippen LogP contribution is 2.31. The molecule has 2 aromatic rings. The minimum Gasteiger partial charge on any atom is -0.462 e. The second kappa shape index (κ2) is 4.35. The number of aryl methyl sites for hydroxylation is 1. The number of furan rings is 1. The number of nitrogens with one attached hydrogen (secondary N) is 1. The maximum absolute atomic E-state index is 6.13. The first kappa shape index (κ1) is 11.1. The number of hydrogen-bond acceptors (Lipinski definition) is 2. The predicted octanol–water partition coefficient (Wildman–Crippen LogP) is 3.69. The SMILES string of the molecule is Cc1ccc(Cl)c2occ(CCNC3CC3)c12. The van der Waals surface area contributed by atoms with Gasteiger partial charge >= 0.3 is 0 Å². The normalized spacial score (nSPS) is 15.6. The molecular formula is C14H16ClNO. The molecule has 1 fully saturated rings. The van der Waals surface area contributed by atoms with E-state index in [1.54, 1.807) is 0 Å². The molecule has 17 heavy (non-hydrogen) atoms. The molecule has 1 N–H and O–H groups in total. The molecule has 1 aromatic heterocycles. The standard InChI is InChI=1S/C14H16ClNO/c1-9-2-5-12(15)14-13(9)10(8-17-14)6-7-16-11-3-4-11/h2,5,8,11,16H,3-4,6-7H2,1H3. The zero-order chi connectivity index (χ0) is 11.8. The molecule has 3 heteroatoms. The van der Waals surface area contributed by atoms with Crippen LogP contribution in [0.15, 0.2) is 22.8 Å². The lowest BCUT2D eigenvalue weighted by molar-refractivity contribution is 0.605. The summed E-state index contributed by atoms with van der Waals surface area (Å²) in [5.41, 5.74) is 3.32. The zero-order valence-electron chi connectivity index (χ0n) is 9.92. The van der Waals surface area contributed by atoms with Gasteiger partial charge in [0.2, 0.25) is 0 Å². The van der Waals surface area contributed by atoms with Crippen LogP contribution in [0, 0.1) is 6.92 Å². The van der Waals surface area contributed by atoms with Crippen LogP contribution in [0.2, 0.25) is 5.02 Å². The van der Waals surface area contributed by atoms with Gasteiger partial charge in [-0.25, -0.2) is 0 Å². The minimum atomic E-state index is 0.701. The van der Waals surface area contributed by atoms with Gasteiger partial charge in [0.1, 0.15) is 0 Å². The second-order valence-corrected chi connectivity index (χ2v) is 5.21. The quantitative estimate of drug-likeness (QED) is 0.894. The van der Waals surface area contributed by atoms with Crippen LogP contribution < -0.4 is 5.32 Å². The topological polar surface area (TPSA) is 25.2 Å². The van der Waals surface area contributed by atoms with Gasteiger partial charge in [0.15, 0.2) is 5.58 Å². The van der Waals surface area contributed by atoms with Gasteiger partial charge in [-0.2, -0.15) is 0 Å². The Hall–Kier alpha value is -0.990. The smallest absolute Gasteiger partial charge is 0.152 e. The number of benzene rings is 1. The van der Waals surface area contributed by atoms with Gasteiger partial charge in [-0.15, -0.1) is 0 Å². The van der Waals surface area contributed by atoms with Gasteiger partial charge in [-0.1, -0.05) is 17.7 Å². The second-order valence-electron chi connectivity index (χ2n) is 4.81. The summed E-state index contributed by atoms with van der Waals surface area (Å²) in [6, 6.07) is 4.71. The molecule has 0 atom stereocenters. The van der Waals surface area contributed by atoms with Gasteiger partial charge in [-0.05, 0) is 49.9 Å². The van der Waals surface area contributed by atoms with E-state index in [9.17, 15) is 0 Å². The van der Waals surface area contributed by atoms with E-state index in [4.69, 9.17) is 16.0 Å². The third-order valence-corrected chi connectivity index (χ3v) is 3.66. The van der Waals surface area contributed by atoms with Crippen molar-refractivity contribution in [2.24, 2.45) is 0 Å². The van der Waals surface area contributed by atoms with E-state index in [1.165, 1.54) is 29.4 Å². The summed E-state index contributed by atoms with van der Waals surface area (Å²) in [7, 11) is 0. The lowest BCUT2D eigenvalue weighted by atomic mass is 10.1. The Labute approximate surface area is 106 Å². The average Bonchev–Trinajstić information content (AvgIpc) is 3.03. The molecular weight excluding hydrogens is 234 g/mol. The van der Waals surface area contributed by atoms with Crippen LogP contribution >= 0.6 is 11.6 Å². The monoisotopic (exact) mass is 249 g/mol. The van der Waals surface area contributed by atoms with Gasteiger partial charge in [0.25, 0.3) is 0 Å². The van der Waals surface area contributed by atoms with Crippen LogP contribution in [-0.2, 0) is 6.42 Å². The number of halogens is 1. The van der Waals surface area contributed by atoms with Crippen LogP contribution in [0.5, 0.6) is 0 Å². The molecule has 1 saturated carbocycles. The van der Waals surface area contributed by atoms with E-state index >= 15 is 0 Å². The molecule has 90 valence electrons. The average molecular weight is 250 g/mol. The first-order valence-corrected chi connectivity index (χ1v) is 6.52. The summed E-state index contributed by atoms with van der Waals surface area (Å²) < 4.78 is 5.57. The maximum atomic E-state index is 6.13. The Kier molecular flexibility index (Phi) is 2.85. The molecule has 1 aromatic carbocycles. The molecule has 3 rings (SSSR count). The first-order valence-electron chi connectivity index (χ1n) is 6.14. The highest BCUT2D eigenvalue weighted by atomic mass is 35.5. The van der Waals surface area contributed by atoms with E-state index in [1.807, 2.05) is 12.3 Å². The Morgan fingerprint density at radius 3 is 3.00 bits per heavy atom. The molecule has 1 aliphatic rings. The van der Waals surface area contributed by atoms with Gasteiger partial charge in [0.05, 0.1) is 11.3 Å². The van der Waals surface area contributed by atoms with Gasteiger partial charge < -0.3 is 9.73 Å². The molecule has 0 unspecified atom stereocenters. The number of hydrogen-bond donors (Lipinski definition) is 1. The summed E-state index contributed by atoms with van der Waals surface area (Å²) >= 11 is 6.13. The van der Waals surface area contributed by atoms with Crippen molar-refractivity contribution in [2.45, 2.75) is 32.2 Å². The highest BCUT2D eigenvalue weighted by Gasteiger charge is 2.20. The van der Waals surface area contributed by atoms with E-state index < -0.39 is 0 Å². The van der Waals surface area contributed by atoms with Crippen LogP contribution in [-0.4, -0.2) is 12.6 Å². The largest absolute Gasteiger partial charge is 0.462 e. The molecule has 0 amide bonds. The fourth-order valence-corrected chi connectivity index (χ4v) is 2.44. The third kappa shape index (κ3) is 2.20. The number of fused-ring (bicyclic) bond motifs is 1. The van der Waals surface area contributed by atoms with Crippen LogP contribution in [0.1, 0.15) is 24.0 Å². The van der Waals surface area contributed by atoms with Gasteiger partial charge in [0, 0.05) is 11.4 Å². The Morgan fingerprint density at radius 2 is 2.24 bits per heavy atom. The van der Waals surface area contributed by atoms with E-state index in [2.05, 4.69) is 18.3 Å². The predicted molar refractivity (Wildman–Crippen MR) is 70.7 cm³/mol. The van der Waals surface area contributed by atoms with Crippen molar-refractivity contribution >= 4 is 22.6 Å². The van der Waals surface area contributed by atoms with Crippen molar-refractivity contribution < 1.29 is 4.42 Å². The van der Waals surface area contributed by atoms with Crippen molar-refractivity contribution in [1.29, 1.82) is 0 Å². The summed E-state index contributed by atoms with van der Waals surface area (Å²) in [5, 5.41) is 5.41. The molecule has 0 saturated heterocycles. The summed E-state index contributed by atoms with van der Waals surface area (Å²) in [6.07, 6.45) is 5.51. The molecule has 0 spiro atoms.